The van der Waals surface area contributed by atoms with Gasteiger partial charge < -0.3 is 93.4 Å². The van der Waals surface area contributed by atoms with E-state index in [1.807, 2.05) is 0 Å². The van der Waals surface area contributed by atoms with Crippen molar-refractivity contribution in [1.82, 2.24) is 36.4 Å². The predicted octanol–water partition coefficient (Wildman–Crippen LogP) is -3.95. The van der Waals surface area contributed by atoms with Crippen LogP contribution in [0.2, 0.25) is 0 Å². The van der Waals surface area contributed by atoms with Crippen LogP contribution in [-0.4, -0.2) is 210 Å². The summed E-state index contributed by atoms with van der Waals surface area (Å²) in [5.41, 5.74) is 10.9. The van der Waals surface area contributed by atoms with Gasteiger partial charge in [0.25, 0.3) is 0 Å². The van der Waals surface area contributed by atoms with Crippen molar-refractivity contribution in [2.24, 2.45) is 17.4 Å². The van der Waals surface area contributed by atoms with Gasteiger partial charge in [-0.2, -0.15) is 0 Å². The van der Waals surface area contributed by atoms with Crippen LogP contribution in [0, 0.1) is 5.92 Å². The number of hydrogen-bond acceptors (Lipinski definition) is 18. The molecule has 8 amide bonds. The number of primary amides is 1. The van der Waals surface area contributed by atoms with Crippen LogP contribution < -0.4 is 38.1 Å². The van der Waals surface area contributed by atoms with Gasteiger partial charge in [0.2, 0.25) is 47.3 Å². The fourth-order valence-electron chi connectivity index (χ4n) is 9.98. The number of benzene rings is 1. The summed E-state index contributed by atoms with van der Waals surface area (Å²) in [6, 6.07) is -8.37. The molecule has 0 bridgehead atoms. The van der Waals surface area contributed by atoms with Gasteiger partial charge in [-0.15, -0.1) is 0 Å². The number of aromatic hydroxyl groups is 1. The van der Waals surface area contributed by atoms with E-state index in [-0.39, 0.29) is 43.7 Å². The SMILES string of the molecule is CCCC(C)CCCCCCCCC(=O)NC1CC(O)C(COCC(N)=O)NC(=O)C2C(O)CCN2C(=O)C(C(O)CCN)NC(=O)C(C(O)C(O)c2ccc(O)cc2)NC(=O)C2CC(O)CN2C(=O)C(C(C)O)NC1=O. The van der Waals surface area contributed by atoms with E-state index >= 15 is 0 Å². The average Bonchev–Trinajstić information content (AvgIpc) is 3.97. The lowest BCUT2D eigenvalue weighted by molar-refractivity contribution is -0.148. The van der Waals surface area contributed by atoms with Gasteiger partial charge in [-0.1, -0.05) is 77.3 Å². The molecule has 26 nitrogen and oxygen atoms in total. The molecule has 0 aliphatic carbocycles. The summed E-state index contributed by atoms with van der Waals surface area (Å²) < 4.78 is 5.38. The zero-order chi connectivity index (χ0) is 57.1. The third kappa shape index (κ3) is 18.8. The maximum absolute atomic E-state index is 14.6. The Bertz CT molecular complexity index is 2120. The molecule has 0 saturated carbocycles. The second-order valence-electron chi connectivity index (χ2n) is 20.7. The maximum atomic E-state index is 14.6. The number of carbonyl (C=O) groups excluding carboxylic acids is 8. The molecule has 3 aliphatic heterocycles. The first-order valence-electron chi connectivity index (χ1n) is 26.7. The van der Waals surface area contributed by atoms with Crippen molar-refractivity contribution in [2.45, 2.75) is 196 Å². The summed E-state index contributed by atoms with van der Waals surface area (Å²) in [7, 11) is 0. The zero-order valence-electron chi connectivity index (χ0n) is 44.2. The number of aliphatic hydroxyl groups excluding tert-OH is 7. The van der Waals surface area contributed by atoms with Crippen LogP contribution in [0.15, 0.2) is 24.3 Å². The van der Waals surface area contributed by atoms with Crippen LogP contribution in [0.3, 0.4) is 0 Å². The van der Waals surface area contributed by atoms with E-state index in [1.165, 1.54) is 18.6 Å². The second kappa shape index (κ2) is 31.1. The lowest BCUT2D eigenvalue weighted by Crippen LogP contribution is -2.64. The Labute approximate surface area is 448 Å². The molecule has 0 spiro atoms. The third-order valence-corrected chi connectivity index (χ3v) is 14.3. The number of rotatable bonds is 23. The van der Waals surface area contributed by atoms with Gasteiger partial charge in [0, 0.05) is 32.4 Å². The summed E-state index contributed by atoms with van der Waals surface area (Å²) in [4.78, 5) is 114. The molecule has 26 heteroatoms. The Hall–Kier alpha value is -5.58. The number of hydrogen-bond donors (Lipinski definition) is 15. The normalized spacial score (nSPS) is 28.1. The molecule has 0 aromatic heterocycles. The Morgan fingerprint density at radius 2 is 1.38 bits per heavy atom. The number of aliphatic hydroxyl groups is 7. The number of carbonyl (C=O) groups is 8. The molecular formula is C51H83N9O17. The Kier molecular flexibility index (Phi) is 25.8. The van der Waals surface area contributed by atoms with Gasteiger partial charge in [0.05, 0.1) is 43.2 Å². The van der Waals surface area contributed by atoms with Gasteiger partial charge in [-0.3, -0.25) is 38.4 Å². The number of phenolic OH excluding ortho intramolecular Hbond substituents is 1. The number of fused-ring (bicyclic) bond motifs is 2. The highest BCUT2D eigenvalue weighted by atomic mass is 16.5. The Morgan fingerprint density at radius 1 is 0.753 bits per heavy atom. The first-order valence-corrected chi connectivity index (χ1v) is 26.7. The van der Waals surface area contributed by atoms with Crippen LogP contribution in [-0.2, 0) is 43.1 Å². The lowest BCUT2D eigenvalue weighted by atomic mass is 9.96. The minimum atomic E-state index is -2.30. The first-order chi connectivity index (χ1) is 36.5. The quantitative estimate of drug-likeness (QED) is 0.0465. The molecule has 15 unspecified atom stereocenters. The number of ether oxygens (including phenoxy) is 1. The van der Waals surface area contributed by atoms with Crippen molar-refractivity contribution in [3.63, 3.8) is 0 Å². The summed E-state index contributed by atoms with van der Waals surface area (Å²) >= 11 is 0. The molecule has 434 valence electrons. The molecule has 17 N–H and O–H groups in total. The maximum Gasteiger partial charge on any atom is 0.248 e. The molecule has 3 aliphatic rings. The van der Waals surface area contributed by atoms with Crippen molar-refractivity contribution >= 4 is 47.3 Å². The van der Waals surface area contributed by atoms with Crippen molar-refractivity contribution in [1.29, 1.82) is 0 Å². The molecule has 4 rings (SSSR count). The van der Waals surface area contributed by atoms with E-state index in [0.717, 1.165) is 67.4 Å². The van der Waals surface area contributed by atoms with Crippen molar-refractivity contribution in [3.8, 4) is 5.75 Å². The van der Waals surface area contributed by atoms with Crippen LogP contribution in [0.4, 0.5) is 0 Å². The van der Waals surface area contributed by atoms with E-state index in [0.29, 0.717) is 18.8 Å². The number of nitrogens with two attached hydrogens (primary N) is 2. The minimum Gasteiger partial charge on any atom is -0.508 e. The standard InChI is InChI=1S/C51H83N9O17/c1-4-11-27(2)12-9-7-5-6-8-10-13-39(68)54-32-23-37(66)33(25-77-26-38(53)67)55-49(74)43-36(65)19-21-59(43)51(76)41(35(64)18-20-52)57-48(73)42(45(70)44(69)29-14-16-30(62)17-15-29)58-47(72)34-22-31(63)24-60(34)50(75)40(28(3)61)56-46(32)71/h14-17,27-28,31-37,40-45,61-66,69-70H,4-13,18-26,52H2,1-3H3,(H2,53,67)(H,54,68)(H,55,74)(H,56,71)(H,57,73)(H,58,72). The van der Waals surface area contributed by atoms with Gasteiger partial charge in [0.15, 0.2) is 0 Å². The number of unbranched alkanes of at least 4 members (excludes halogenated alkanes) is 5. The van der Waals surface area contributed by atoms with Crippen molar-refractivity contribution < 1.29 is 83.9 Å². The minimum absolute atomic E-state index is 0.0695. The zero-order valence-corrected chi connectivity index (χ0v) is 44.2. The van der Waals surface area contributed by atoms with E-state index in [9.17, 15) is 79.2 Å². The third-order valence-electron chi connectivity index (χ3n) is 14.3. The van der Waals surface area contributed by atoms with Gasteiger partial charge in [0.1, 0.15) is 60.8 Å². The highest BCUT2D eigenvalue weighted by Gasteiger charge is 2.49. The Balaban J connectivity index is 1.78. The summed E-state index contributed by atoms with van der Waals surface area (Å²) in [6.45, 7) is 2.91. The topological polar surface area (TPSA) is 426 Å². The second-order valence-corrected chi connectivity index (χ2v) is 20.7. The molecule has 1 aromatic rings. The summed E-state index contributed by atoms with van der Waals surface area (Å²) in [6.07, 6.45) is -6.26. The number of phenols is 1. The number of nitrogens with zero attached hydrogens (tertiary/aromatic N) is 2. The van der Waals surface area contributed by atoms with Crippen LogP contribution >= 0.6 is 0 Å². The predicted molar refractivity (Wildman–Crippen MR) is 274 cm³/mol. The van der Waals surface area contributed by atoms with Crippen LogP contribution in [0.5, 0.6) is 5.75 Å². The van der Waals surface area contributed by atoms with E-state index in [4.69, 9.17) is 16.2 Å². The van der Waals surface area contributed by atoms with Gasteiger partial charge >= 0.3 is 0 Å². The molecule has 3 fully saturated rings. The van der Waals surface area contributed by atoms with E-state index in [2.05, 4.69) is 40.4 Å². The fraction of sp³-hybridized carbons (Fsp3) is 0.725. The number of amides is 8. The van der Waals surface area contributed by atoms with Crippen molar-refractivity contribution in [3.05, 3.63) is 29.8 Å². The van der Waals surface area contributed by atoms with Crippen molar-refractivity contribution in [2.75, 3.05) is 32.8 Å². The summed E-state index contributed by atoms with van der Waals surface area (Å²) in [5.74, 6) is -8.43. The van der Waals surface area contributed by atoms with Gasteiger partial charge in [-0.25, -0.2) is 0 Å². The highest BCUT2D eigenvalue weighted by molar-refractivity contribution is 5.98. The van der Waals surface area contributed by atoms with E-state index < -0.39 is 165 Å². The van der Waals surface area contributed by atoms with E-state index in [1.54, 1.807) is 0 Å². The molecule has 77 heavy (non-hydrogen) atoms. The molecule has 15 atom stereocenters. The summed E-state index contributed by atoms with van der Waals surface area (Å²) in [5, 5.41) is 101. The van der Waals surface area contributed by atoms with Gasteiger partial charge in [-0.05, 0) is 56.3 Å². The first kappa shape index (κ1) is 63.9. The number of nitrogens with one attached hydrogen (secondary N) is 5. The average molecular weight is 1090 g/mol. The monoisotopic (exact) mass is 1090 g/mol. The molecule has 3 heterocycles. The molecule has 1 aromatic carbocycles. The molecule has 0 radical (unpaired) electrons. The van der Waals surface area contributed by atoms with Crippen LogP contribution in [0.1, 0.15) is 122 Å². The Morgan fingerprint density at radius 3 is 2.01 bits per heavy atom. The van der Waals surface area contributed by atoms with Crippen LogP contribution in [0.25, 0.3) is 0 Å². The fourth-order valence-corrected chi connectivity index (χ4v) is 9.98. The largest absolute Gasteiger partial charge is 0.508 e. The molecular weight excluding hydrogens is 1010 g/mol. The highest BCUT2D eigenvalue weighted by Crippen LogP contribution is 2.26. The lowest BCUT2D eigenvalue weighted by Gasteiger charge is -2.35. The smallest absolute Gasteiger partial charge is 0.248 e. The molecule has 3 saturated heterocycles.